The van der Waals surface area contributed by atoms with E-state index in [1.165, 1.54) is 0 Å². The molecule has 0 fully saturated rings. The Morgan fingerprint density at radius 3 is 2.23 bits per heavy atom. The van der Waals surface area contributed by atoms with Crippen molar-refractivity contribution in [3.63, 3.8) is 0 Å². The Morgan fingerprint density at radius 2 is 1.85 bits per heavy atom. The normalized spacial score (nSPS) is 15.0. The van der Waals surface area contributed by atoms with E-state index in [1.807, 2.05) is 13.8 Å². The third-order valence-corrected chi connectivity index (χ3v) is 2.50. The van der Waals surface area contributed by atoms with Gasteiger partial charge in [0.1, 0.15) is 0 Å². The Bertz CT molecular complexity index is 136. The number of halogens is 3. The maximum Gasteiger partial charge on any atom is 0.441 e. The molecule has 1 N–H and O–H groups in total. The molecule has 0 aromatic rings. The standard InChI is InChI=1S/C8H15F3OS/c1-6(2)7(12)4-3-5-13-8(9,10)11/h6-7,12H,3-5H2,1-2H3. The average molecular weight is 216 g/mol. The van der Waals surface area contributed by atoms with Gasteiger partial charge >= 0.3 is 5.51 Å². The first kappa shape index (κ1) is 13.1. The lowest BCUT2D eigenvalue weighted by Crippen LogP contribution is -2.14. The van der Waals surface area contributed by atoms with E-state index in [2.05, 4.69) is 0 Å². The first-order valence-electron chi connectivity index (χ1n) is 4.21. The predicted octanol–water partition coefficient (Wildman–Crippen LogP) is 3.04. The average Bonchev–Trinajstić information content (AvgIpc) is 1.95. The number of rotatable bonds is 5. The fourth-order valence-corrected chi connectivity index (χ4v) is 1.36. The molecule has 0 heterocycles. The van der Waals surface area contributed by atoms with Crippen molar-refractivity contribution in [2.75, 3.05) is 5.75 Å². The molecule has 0 aliphatic carbocycles. The van der Waals surface area contributed by atoms with Crippen molar-refractivity contribution in [2.24, 2.45) is 5.92 Å². The van der Waals surface area contributed by atoms with E-state index in [0.29, 0.717) is 12.8 Å². The van der Waals surface area contributed by atoms with Crippen LogP contribution < -0.4 is 0 Å². The van der Waals surface area contributed by atoms with Crippen LogP contribution in [0.2, 0.25) is 0 Å². The van der Waals surface area contributed by atoms with Gasteiger partial charge < -0.3 is 5.11 Å². The SMILES string of the molecule is CC(C)C(O)CCCSC(F)(F)F. The van der Waals surface area contributed by atoms with Gasteiger partial charge in [0.05, 0.1) is 6.10 Å². The third-order valence-electron chi connectivity index (χ3n) is 1.68. The first-order chi connectivity index (χ1) is 5.83. The molecule has 1 unspecified atom stereocenters. The minimum absolute atomic E-state index is 0.0238. The Labute approximate surface area is 80.7 Å². The topological polar surface area (TPSA) is 20.2 Å². The lowest BCUT2D eigenvalue weighted by Gasteiger charge is -2.13. The van der Waals surface area contributed by atoms with Crippen LogP contribution in [0.1, 0.15) is 26.7 Å². The summed E-state index contributed by atoms with van der Waals surface area (Å²) < 4.78 is 34.9. The van der Waals surface area contributed by atoms with E-state index in [0.717, 1.165) is 0 Å². The van der Waals surface area contributed by atoms with Crippen LogP contribution in [-0.4, -0.2) is 22.5 Å². The predicted molar refractivity (Wildman–Crippen MR) is 48.6 cm³/mol. The van der Waals surface area contributed by atoms with Crippen LogP contribution in [-0.2, 0) is 0 Å². The van der Waals surface area contributed by atoms with Crippen molar-refractivity contribution < 1.29 is 18.3 Å². The Kier molecular flexibility index (Phi) is 5.80. The Hall–Kier alpha value is 0.100. The maximum absolute atomic E-state index is 11.6. The summed E-state index contributed by atoms with van der Waals surface area (Å²) >= 11 is -0.0238. The van der Waals surface area contributed by atoms with Gasteiger partial charge in [0.2, 0.25) is 0 Å². The molecule has 0 rings (SSSR count). The summed E-state index contributed by atoms with van der Waals surface area (Å²) in [7, 11) is 0. The van der Waals surface area contributed by atoms with E-state index in [4.69, 9.17) is 0 Å². The number of alkyl halides is 3. The second-order valence-corrected chi connectivity index (χ2v) is 4.41. The van der Waals surface area contributed by atoms with Crippen LogP contribution in [0, 0.1) is 5.92 Å². The van der Waals surface area contributed by atoms with Gasteiger partial charge in [-0.2, -0.15) is 13.2 Å². The minimum Gasteiger partial charge on any atom is -0.393 e. The summed E-state index contributed by atoms with van der Waals surface area (Å²) in [6, 6.07) is 0. The third kappa shape index (κ3) is 8.43. The highest BCUT2D eigenvalue weighted by Crippen LogP contribution is 2.30. The second-order valence-electron chi connectivity index (χ2n) is 3.25. The van der Waals surface area contributed by atoms with E-state index < -0.39 is 11.6 Å². The van der Waals surface area contributed by atoms with Crippen molar-refractivity contribution in [3.8, 4) is 0 Å². The zero-order chi connectivity index (χ0) is 10.5. The molecular weight excluding hydrogens is 201 g/mol. The van der Waals surface area contributed by atoms with E-state index in [1.54, 1.807) is 0 Å². The van der Waals surface area contributed by atoms with Gasteiger partial charge in [-0.05, 0) is 18.8 Å². The largest absolute Gasteiger partial charge is 0.441 e. The van der Waals surface area contributed by atoms with E-state index >= 15 is 0 Å². The van der Waals surface area contributed by atoms with Gasteiger partial charge in [-0.25, -0.2) is 0 Å². The summed E-state index contributed by atoms with van der Waals surface area (Å²) in [5, 5.41) is 9.27. The summed E-state index contributed by atoms with van der Waals surface area (Å²) in [6.45, 7) is 3.70. The van der Waals surface area contributed by atoms with Crippen LogP contribution in [0.25, 0.3) is 0 Å². The highest BCUT2D eigenvalue weighted by molar-refractivity contribution is 8.00. The highest BCUT2D eigenvalue weighted by atomic mass is 32.2. The van der Waals surface area contributed by atoms with E-state index in [-0.39, 0.29) is 23.4 Å². The molecule has 0 aromatic heterocycles. The molecule has 0 aliphatic heterocycles. The number of aliphatic hydroxyl groups is 1. The number of hydrogen-bond donors (Lipinski definition) is 1. The summed E-state index contributed by atoms with van der Waals surface area (Å²) in [6.07, 6.45) is 0.374. The molecule has 0 aromatic carbocycles. The molecule has 0 amide bonds. The fraction of sp³-hybridized carbons (Fsp3) is 1.00. The molecule has 1 atom stereocenters. The Morgan fingerprint density at radius 1 is 1.31 bits per heavy atom. The fourth-order valence-electron chi connectivity index (χ4n) is 0.814. The number of hydrogen-bond acceptors (Lipinski definition) is 2. The van der Waals surface area contributed by atoms with Gasteiger partial charge in [-0.15, -0.1) is 0 Å². The number of thioether (sulfide) groups is 1. The van der Waals surface area contributed by atoms with Crippen LogP contribution in [0.4, 0.5) is 13.2 Å². The monoisotopic (exact) mass is 216 g/mol. The van der Waals surface area contributed by atoms with Crippen LogP contribution >= 0.6 is 11.8 Å². The molecule has 80 valence electrons. The molecule has 0 aliphatic rings. The molecule has 0 radical (unpaired) electrons. The highest BCUT2D eigenvalue weighted by Gasteiger charge is 2.27. The second kappa shape index (κ2) is 5.75. The van der Waals surface area contributed by atoms with Crippen molar-refractivity contribution in [2.45, 2.75) is 38.3 Å². The first-order valence-corrected chi connectivity index (χ1v) is 5.20. The summed E-state index contributed by atoms with van der Waals surface area (Å²) in [5.74, 6) is 0.156. The lowest BCUT2D eigenvalue weighted by atomic mass is 10.0. The molecule has 0 saturated carbocycles. The zero-order valence-corrected chi connectivity index (χ0v) is 8.58. The van der Waals surface area contributed by atoms with Crippen molar-refractivity contribution in [1.82, 2.24) is 0 Å². The van der Waals surface area contributed by atoms with Gasteiger partial charge in [0.15, 0.2) is 0 Å². The molecule has 5 heteroatoms. The molecule has 0 saturated heterocycles. The minimum atomic E-state index is -4.14. The van der Waals surface area contributed by atoms with Crippen LogP contribution in [0.3, 0.4) is 0 Å². The van der Waals surface area contributed by atoms with Crippen LogP contribution in [0.15, 0.2) is 0 Å². The molecule has 0 spiro atoms. The van der Waals surface area contributed by atoms with Gasteiger partial charge in [-0.3, -0.25) is 0 Å². The van der Waals surface area contributed by atoms with E-state index in [9.17, 15) is 18.3 Å². The zero-order valence-electron chi connectivity index (χ0n) is 7.77. The van der Waals surface area contributed by atoms with Gasteiger partial charge in [0, 0.05) is 5.75 Å². The molecule has 1 nitrogen and oxygen atoms in total. The Balaban J connectivity index is 3.36. The number of aliphatic hydroxyl groups excluding tert-OH is 1. The molecule has 0 bridgehead atoms. The lowest BCUT2D eigenvalue weighted by molar-refractivity contribution is -0.0328. The molecule has 13 heavy (non-hydrogen) atoms. The van der Waals surface area contributed by atoms with Crippen molar-refractivity contribution in [3.05, 3.63) is 0 Å². The van der Waals surface area contributed by atoms with Gasteiger partial charge in [-0.1, -0.05) is 25.6 Å². The summed E-state index contributed by atoms with van der Waals surface area (Å²) in [4.78, 5) is 0. The quantitative estimate of drug-likeness (QED) is 0.713. The van der Waals surface area contributed by atoms with Gasteiger partial charge in [0.25, 0.3) is 0 Å². The van der Waals surface area contributed by atoms with Crippen LogP contribution in [0.5, 0.6) is 0 Å². The summed E-state index contributed by atoms with van der Waals surface area (Å²) in [5.41, 5.74) is -4.14. The van der Waals surface area contributed by atoms with Crippen molar-refractivity contribution in [1.29, 1.82) is 0 Å². The maximum atomic E-state index is 11.6. The van der Waals surface area contributed by atoms with Crippen molar-refractivity contribution >= 4 is 11.8 Å². The molecular formula is C8H15F3OS. The smallest absolute Gasteiger partial charge is 0.393 e.